The van der Waals surface area contributed by atoms with Crippen LogP contribution in [-0.4, -0.2) is 59.7 Å². The molecule has 0 bridgehead atoms. The first-order chi connectivity index (χ1) is 12.0. The molecule has 138 valence electrons. The molecule has 0 amide bonds. The van der Waals surface area contributed by atoms with Gasteiger partial charge >= 0.3 is 11.9 Å². The third-order valence-electron chi connectivity index (χ3n) is 3.03. The minimum Gasteiger partial charge on any atom is -0.490 e. The molecular weight excluding hydrogens is 328 g/mol. The van der Waals surface area contributed by atoms with Crippen LogP contribution in [-0.2, 0) is 9.59 Å². The zero-order chi connectivity index (χ0) is 18.7. The highest BCUT2D eigenvalue weighted by Crippen LogP contribution is 2.28. The molecular formula is C17H24N2O6. The van der Waals surface area contributed by atoms with Crippen LogP contribution in [0.3, 0.4) is 0 Å². The molecule has 0 aliphatic rings. The molecule has 0 saturated carbocycles. The van der Waals surface area contributed by atoms with Crippen molar-refractivity contribution < 1.29 is 29.3 Å². The minimum absolute atomic E-state index is 0.467. The summed E-state index contributed by atoms with van der Waals surface area (Å²) in [5.74, 6) is -1.13. The number of hydrazone groups is 1. The maximum absolute atomic E-state index is 10.8. The van der Waals surface area contributed by atoms with Gasteiger partial charge in [-0.2, -0.15) is 5.10 Å². The van der Waals surface area contributed by atoms with Crippen molar-refractivity contribution in [1.82, 2.24) is 5.01 Å². The smallest absolute Gasteiger partial charge is 0.324 e. The fourth-order valence-corrected chi connectivity index (χ4v) is 1.92. The van der Waals surface area contributed by atoms with E-state index in [0.29, 0.717) is 30.3 Å². The quantitative estimate of drug-likeness (QED) is 0.337. The predicted octanol–water partition coefficient (Wildman–Crippen LogP) is 2.07. The van der Waals surface area contributed by atoms with Gasteiger partial charge in [0, 0.05) is 0 Å². The highest BCUT2D eigenvalue weighted by atomic mass is 16.5. The Morgan fingerprint density at radius 3 is 2.36 bits per heavy atom. The molecule has 0 aromatic heterocycles. The Labute approximate surface area is 146 Å². The van der Waals surface area contributed by atoms with Gasteiger partial charge in [-0.25, -0.2) is 0 Å². The fraction of sp³-hybridized carbons (Fsp3) is 0.471. The maximum atomic E-state index is 10.8. The number of ether oxygens (including phenoxy) is 2. The molecule has 0 aliphatic heterocycles. The van der Waals surface area contributed by atoms with Crippen molar-refractivity contribution in [3.05, 3.63) is 23.8 Å². The molecule has 0 radical (unpaired) electrons. The van der Waals surface area contributed by atoms with Crippen LogP contribution < -0.4 is 9.47 Å². The summed E-state index contributed by atoms with van der Waals surface area (Å²) in [7, 11) is 0. The number of hydrogen-bond donors (Lipinski definition) is 2. The molecule has 0 atom stereocenters. The van der Waals surface area contributed by atoms with E-state index in [-0.39, 0.29) is 0 Å². The van der Waals surface area contributed by atoms with Gasteiger partial charge < -0.3 is 19.7 Å². The number of carboxylic acid groups (broad SMARTS) is 2. The van der Waals surface area contributed by atoms with Crippen molar-refractivity contribution in [2.45, 2.75) is 26.7 Å². The number of rotatable bonds is 12. The lowest BCUT2D eigenvalue weighted by Crippen LogP contribution is -2.30. The van der Waals surface area contributed by atoms with Crippen molar-refractivity contribution in [1.29, 1.82) is 0 Å². The number of benzene rings is 1. The Morgan fingerprint density at radius 2 is 1.80 bits per heavy atom. The monoisotopic (exact) mass is 352 g/mol. The van der Waals surface area contributed by atoms with Crippen molar-refractivity contribution in [3.63, 3.8) is 0 Å². The van der Waals surface area contributed by atoms with Crippen molar-refractivity contribution in [2.75, 3.05) is 26.3 Å². The summed E-state index contributed by atoms with van der Waals surface area (Å²) in [4.78, 5) is 21.5. The van der Waals surface area contributed by atoms with E-state index >= 15 is 0 Å². The number of unbranched alkanes of at least 4 members (excludes halogenated alkanes) is 1. The molecule has 8 nitrogen and oxygen atoms in total. The second kappa shape index (κ2) is 10.9. The van der Waals surface area contributed by atoms with E-state index < -0.39 is 25.0 Å². The average molecular weight is 352 g/mol. The standard InChI is InChI=1S/C17H24N2O6/c1-3-5-8-25-14-7-6-13(9-15(14)24-4-2)10-18-19(11-16(20)21)12-17(22)23/h6-7,9-10H,3-5,8,11-12H2,1-2H3,(H,20,21)(H,22,23)/b18-10-. The van der Waals surface area contributed by atoms with Gasteiger partial charge in [-0.1, -0.05) is 13.3 Å². The first-order valence-electron chi connectivity index (χ1n) is 8.08. The van der Waals surface area contributed by atoms with Crippen molar-refractivity contribution in [3.8, 4) is 11.5 Å². The van der Waals surface area contributed by atoms with Crippen LogP contribution in [0.4, 0.5) is 0 Å². The van der Waals surface area contributed by atoms with E-state index in [2.05, 4.69) is 12.0 Å². The SMILES string of the molecule is CCCCOc1ccc(/C=N\N(CC(=O)O)CC(=O)O)cc1OCC. The molecule has 0 saturated heterocycles. The third kappa shape index (κ3) is 8.05. The molecule has 25 heavy (non-hydrogen) atoms. The summed E-state index contributed by atoms with van der Waals surface area (Å²) in [6.45, 7) is 3.99. The van der Waals surface area contributed by atoms with E-state index in [1.807, 2.05) is 6.92 Å². The second-order valence-electron chi connectivity index (χ2n) is 5.20. The van der Waals surface area contributed by atoms with Crippen LogP contribution in [0, 0.1) is 0 Å². The topological polar surface area (TPSA) is 109 Å². The van der Waals surface area contributed by atoms with Crippen molar-refractivity contribution in [2.24, 2.45) is 5.10 Å². The average Bonchev–Trinajstić information content (AvgIpc) is 2.54. The lowest BCUT2D eigenvalue weighted by atomic mass is 10.2. The summed E-state index contributed by atoms with van der Waals surface area (Å²) in [5, 5.41) is 22.5. The summed E-state index contributed by atoms with van der Waals surface area (Å²) in [6, 6.07) is 5.21. The van der Waals surface area contributed by atoms with E-state index in [4.69, 9.17) is 19.7 Å². The molecule has 1 aromatic rings. The summed E-state index contributed by atoms with van der Waals surface area (Å²) < 4.78 is 11.2. The van der Waals surface area contributed by atoms with Crippen LogP contribution in [0.2, 0.25) is 0 Å². The number of hydrogen-bond acceptors (Lipinski definition) is 6. The zero-order valence-electron chi connectivity index (χ0n) is 14.5. The lowest BCUT2D eigenvalue weighted by Gasteiger charge is -2.14. The Bertz CT molecular complexity index is 587. The highest BCUT2D eigenvalue weighted by molar-refractivity contribution is 5.81. The van der Waals surface area contributed by atoms with E-state index in [1.54, 1.807) is 18.2 Å². The van der Waals surface area contributed by atoms with Crippen LogP contribution in [0.25, 0.3) is 0 Å². The fourth-order valence-electron chi connectivity index (χ4n) is 1.92. The van der Waals surface area contributed by atoms with Gasteiger partial charge in [0.25, 0.3) is 0 Å². The maximum Gasteiger partial charge on any atom is 0.324 e. The molecule has 1 aromatic carbocycles. The molecule has 0 unspecified atom stereocenters. The minimum atomic E-state index is -1.16. The van der Waals surface area contributed by atoms with Gasteiger partial charge in [-0.05, 0) is 37.1 Å². The normalized spacial score (nSPS) is 10.6. The molecule has 0 aliphatic carbocycles. The first kappa shape index (κ1) is 20.3. The van der Waals surface area contributed by atoms with Crippen LogP contribution in [0.15, 0.2) is 23.3 Å². The molecule has 8 heteroatoms. The zero-order valence-corrected chi connectivity index (χ0v) is 14.5. The van der Waals surface area contributed by atoms with Gasteiger partial charge in [0.05, 0.1) is 19.4 Å². The molecule has 0 heterocycles. The first-order valence-corrected chi connectivity index (χ1v) is 8.08. The van der Waals surface area contributed by atoms with Gasteiger partial charge in [0.2, 0.25) is 0 Å². The molecule has 2 N–H and O–H groups in total. The summed E-state index contributed by atoms with van der Waals surface area (Å²) >= 11 is 0. The second-order valence-corrected chi connectivity index (χ2v) is 5.20. The Balaban J connectivity index is 2.89. The van der Waals surface area contributed by atoms with Gasteiger partial charge in [-0.3, -0.25) is 14.6 Å². The molecule has 0 fully saturated rings. The highest BCUT2D eigenvalue weighted by Gasteiger charge is 2.11. The van der Waals surface area contributed by atoms with E-state index in [0.717, 1.165) is 17.9 Å². The Kier molecular flexibility index (Phi) is 8.84. The third-order valence-corrected chi connectivity index (χ3v) is 3.03. The van der Waals surface area contributed by atoms with Crippen LogP contribution >= 0.6 is 0 Å². The lowest BCUT2D eigenvalue weighted by molar-refractivity contribution is -0.141. The summed E-state index contributed by atoms with van der Waals surface area (Å²) in [5.41, 5.74) is 0.645. The van der Waals surface area contributed by atoms with Gasteiger partial charge in [-0.15, -0.1) is 0 Å². The Hall–Kier alpha value is -2.77. The van der Waals surface area contributed by atoms with Gasteiger partial charge in [0.15, 0.2) is 11.5 Å². The van der Waals surface area contributed by atoms with E-state index in [9.17, 15) is 9.59 Å². The van der Waals surface area contributed by atoms with Crippen LogP contribution in [0.5, 0.6) is 11.5 Å². The predicted molar refractivity (Wildman–Crippen MR) is 92.5 cm³/mol. The molecule has 1 rings (SSSR count). The molecule has 0 spiro atoms. The number of carbonyl (C=O) groups is 2. The van der Waals surface area contributed by atoms with Crippen LogP contribution in [0.1, 0.15) is 32.3 Å². The Morgan fingerprint density at radius 1 is 1.12 bits per heavy atom. The van der Waals surface area contributed by atoms with E-state index in [1.165, 1.54) is 6.21 Å². The van der Waals surface area contributed by atoms with Gasteiger partial charge in [0.1, 0.15) is 13.1 Å². The largest absolute Gasteiger partial charge is 0.490 e. The summed E-state index contributed by atoms with van der Waals surface area (Å²) in [6.07, 6.45) is 3.36. The van der Waals surface area contributed by atoms with Crippen molar-refractivity contribution >= 4 is 18.2 Å². The number of aliphatic carboxylic acids is 2. The number of carboxylic acids is 2. The number of nitrogens with zero attached hydrogens (tertiary/aromatic N) is 2.